The fraction of sp³-hybridized carbons (Fsp3) is 0. The van der Waals surface area contributed by atoms with Crippen molar-refractivity contribution in [3.63, 3.8) is 0 Å². The highest BCUT2D eigenvalue weighted by molar-refractivity contribution is 6.16. The van der Waals surface area contributed by atoms with Crippen LogP contribution in [-0.4, -0.2) is 9.97 Å². The molecule has 3 heteroatoms. The fourth-order valence-electron chi connectivity index (χ4n) is 6.42. The van der Waals surface area contributed by atoms with E-state index >= 15 is 0 Å². The van der Waals surface area contributed by atoms with Crippen molar-refractivity contribution in [3.8, 4) is 33.6 Å². The molecule has 0 aliphatic carbocycles. The van der Waals surface area contributed by atoms with Crippen molar-refractivity contribution in [1.29, 1.82) is 0 Å². The van der Waals surface area contributed by atoms with Crippen LogP contribution >= 0.6 is 0 Å². The SMILES string of the molecule is c1ccc(-c2nc3ccccc3nc2-c2ccc(-c3ccc4c(ccc5c6ccccc6oc45)c3)c3ccccc23)cc1. The standard InChI is InChI=1S/C40H24N2O/c1-2-10-25(11-3-1)38-39(42-36-16-8-7-15-35(36)41-38)33-23-22-28(30-12-4-5-13-31(30)33)26-18-20-29-27(24-26)19-21-34-32-14-6-9-17-37(32)43-40(29)34/h1-24H. The predicted molar refractivity (Wildman–Crippen MR) is 178 cm³/mol. The number of fused-ring (bicyclic) bond motifs is 7. The van der Waals surface area contributed by atoms with Crippen LogP contribution in [0.15, 0.2) is 150 Å². The van der Waals surface area contributed by atoms with Gasteiger partial charge < -0.3 is 4.42 Å². The molecule has 0 amide bonds. The summed E-state index contributed by atoms with van der Waals surface area (Å²) < 4.78 is 6.31. The molecule has 0 atom stereocenters. The van der Waals surface area contributed by atoms with E-state index in [-0.39, 0.29) is 0 Å². The minimum Gasteiger partial charge on any atom is -0.455 e. The van der Waals surface area contributed by atoms with Crippen molar-refractivity contribution in [3.05, 3.63) is 146 Å². The van der Waals surface area contributed by atoms with Crippen LogP contribution in [0, 0.1) is 0 Å². The Labute approximate surface area is 247 Å². The predicted octanol–water partition coefficient (Wildman–Crippen LogP) is 10.8. The third-order valence-electron chi connectivity index (χ3n) is 8.47. The van der Waals surface area contributed by atoms with Gasteiger partial charge in [0.25, 0.3) is 0 Å². The van der Waals surface area contributed by atoms with E-state index in [0.717, 1.165) is 71.6 Å². The number of hydrogen-bond acceptors (Lipinski definition) is 3. The highest BCUT2D eigenvalue weighted by Gasteiger charge is 2.18. The maximum absolute atomic E-state index is 6.31. The van der Waals surface area contributed by atoms with E-state index < -0.39 is 0 Å². The average Bonchev–Trinajstić information content (AvgIpc) is 3.46. The van der Waals surface area contributed by atoms with Crippen LogP contribution in [0.5, 0.6) is 0 Å². The number of para-hydroxylation sites is 3. The first kappa shape index (κ1) is 23.9. The van der Waals surface area contributed by atoms with E-state index in [9.17, 15) is 0 Å². The van der Waals surface area contributed by atoms with Gasteiger partial charge >= 0.3 is 0 Å². The van der Waals surface area contributed by atoms with Gasteiger partial charge in [-0.1, -0.05) is 109 Å². The van der Waals surface area contributed by atoms with E-state index in [1.54, 1.807) is 0 Å². The Morgan fingerprint density at radius 3 is 1.84 bits per heavy atom. The van der Waals surface area contributed by atoms with Crippen molar-refractivity contribution in [1.82, 2.24) is 9.97 Å². The summed E-state index contributed by atoms with van der Waals surface area (Å²) in [5, 5.41) is 6.90. The molecule has 0 radical (unpaired) electrons. The van der Waals surface area contributed by atoms with Crippen LogP contribution in [0.2, 0.25) is 0 Å². The summed E-state index contributed by atoms with van der Waals surface area (Å²) in [6, 6.07) is 50.8. The van der Waals surface area contributed by atoms with Gasteiger partial charge in [0.05, 0.1) is 22.4 Å². The molecule has 7 aromatic carbocycles. The highest BCUT2D eigenvalue weighted by atomic mass is 16.3. The summed E-state index contributed by atoms with van der Waals surface area (Å²) in [6.07, 6.45) is 0. The van der Waals surface area contributed by atoms with Crippen molar-refractivity contribution in [2.75, 3.05) is 0 Å². The first-order valence-corrected chi connectivity index (χ1v) is 14.5. The zero-order valence-corrected chi connectivity index (χ0v) is 23.2. The lowest BCUT2D eigenvalue weighted by atomic mass is 9.91. The van der Waals surface area contributed by atoms with Crippen molar-refractivity contribution in [2.45, 2.75) is 0 Å². The van der Waals surface area contributed by atoms with E-state index in [2.05, 4.69) is 103 Å². The van der Waals surface area contributed by atoms with Gasteiger partial charge in [0.15, 0.2) is 0 Å². The van der Waals surface area contributed by atoms with Crippen LogP contribution in [-0.2, 0) is 0 Å². The van der Waals surface area contributed by atoms with Crippen molar-refractivity contribution in [2.24, 2.45) is 0 Å². The lowest BCUT2D eigenvalue weighted by Gasteiger charge is -2.15. The molecule has 3 nitrogen and oxygen atoms in total. The number of nitrogens with zero attached hydrogens (tertiary/aromatic N) is 2. The lowest BCUT2D eigenvalue weighted by Crippen LogP contribution is -1.96. The van der Waals surface area contributed by atoms with Gasteiger partial charge in [-0.25, -0.2) is 9.97 Å². The zero-order valence-electron chi connectivity index (χ0n) is 23.2. The Morgan fingerprint density at radius 1 is 0.395 bits per heavy atom. The summed E-state index contributed by atoms with van der Waals surface area (Å²) in [5.41, 5.74) is 9.88. The Kier molecular flexibility index (Phi) is 5.20. The minimum absolute atomic E-state index is 0.886. The Hall–Kier alpha value is -5.80. The normalized spacial score (nSPS) is 11.7. The lowest BCUT2D eigenvalue weighted by molar-refractivity contribution is 0.672. The molecule has 43 heavy (non-hydrogen) atoms. The molecule has 0 saturated heterocycles. The summed E-state index contributed by atoms with van der Waals surface area (Å²) in [4.78, 5) is 10.3. The summed E-state index contributed by atoms with van der Waals surface area (Å²) in [7, 11) is 0. The highest BCUT2D eigenvalue weighted by Crippen LogP contribution is 2.40. The Morgan fingerprint density at radius 2 is 1.02 bits per heavy atom. The molecule has 200 valence electrons. The molecule has 0 fully saturated rings. The molecule has 0 bridgehead atoms. The molecule has 0 aliphatic rings. The van der Waals surface area contributed by atoms with Crippen LogP contribution in [0.1, 0.15) is 0 Å². The third kappa shape index (κ3) is 3.75. The second kappa shape index (κ2) is 9.37. The van der Waals surface area contributed by atoms with Gasteiger partial charge in [-0.15, -0.1) is 0 Å². The van der Waals surface area contributed by atoms with E-state index in [1.807, 2.05) is 42.5 Å². The fourth-order valence-corrected chi connectivity index (χ4v) is 6.42. The molecular weight excluding hydrogens is 524 g/mol. The maximum Gasteiger partial charge on any atom is 0.143 e. The van der Waals surface area contributed by atoms with Crippen LogP contribution < -0.4 is 0 Å². The Balaban J connectivity index is 1.25. The number of benzene rings is 7. The second-order valence-corrected chi connectivity index (χ2v) is 11.0. The average molecular weight is 549 g/mol. The molecule has 0 aliphatic heterocycles. The van der Waals surface area contributed by atoms with Gasteiger partial charge in [0, 0.05) is 27.3 Å². The number of aromatic nitrogens is 2. The van der Waals surface area contributed by atoms with Gasteiger partial charge in [-0.2, -0.15) is 0 Å². The molecular formula is C40H24N2O. The van der Waals surface area contributed by atoms with Crippen LogP contribution in [0.25, 0.3) is 88.2 Å². The quantitative estimate of drug-likeness (QED) is 0.220. The molecule has 2 aromatic heterocycles. The summed E-state index contributed by atoms with van der Waals surface area (Å²) in [6.45, 7) is 0. The third-order valence-corrected chi connectivity index (χ3v) is 8.47. The van der Waals surface area contributed by atoms with E-state index in [1.165, 1.54) is 16.5 Å². The van der Waals surface area contributed by atoms with Crippen LogP contribution in [0.3, 0.4) is 0 Å². The topological polar surface area (TPSA) is 38.9 Å². The first-order chi connectivity index (χ1) is 21.3. The van der Waals surface area contributed by atoms with Gasteiger partial charge in [0.2, 0.25) is 0 Å². The summed E-state index contributed by atoms with van der Waals surface area (Å²) in [5.74, 6) is 0. The van der Waals surface area contributed by atoms with E-state index in [4.69, 9.17) is 14.4 Å². The molecule has 2 heterocycles. The van der Waals surface area contributed by atoms with E-state index in [0.29, 0.717) is 0 Å². The molecule has 9 rings (SSSR count). The van der Waals surface area contributed by atoms with Gasteiger partial charge in [0.1, 0.15) is 11.2 Å². The maximum atomic E-state index is 6.31. The van der Waals surface area contributed by atoms with Crippen molar-refractivity contribution >= 4 is 54.5 Å². The van der Waals surface area contributed by atoms with Gasteiger partial charge in [-0.3, -0.25) is 0 Å². The molecule has 0 unspecified atom stereocenters. The second-order valence-electron chi connectivity index (χ2n) is 11.0. The monoisotopic (exact) mass is 548 g/mol. The smallest absolute Gasteiger partial charge is 0.143 e. The Bertz CT molecular complexity index is 2510. The number of hydrogen-bond donors (Lipinski definition) is 0. The minimum atomic E-state index is 0.886. The summed E-state index contributed by atoms with van der Waals surface area (Å²) >= 11 is 0. The first-order valence-electron chi connectivity index (χ1n) is 14.5. The zero-order chi connectivity index (χ0) is 28.3. The molecule has 0 N–H and O–H groups in total. The van der Waals surface area contributed by atoms with Crippen LogP contribution in [0.4, 0.5) is 0 Å². The van der Waals surface area contributed by atoms with Gasteiger partial charge in [-0.05, 0) is 63.7 Å². The number of furan rings is 1. The molecule has 0 saturated carbocycles. The molecule has 0 spiro atoms. The molecule has 9 aromatic rings. The largest absolute Gasteiger partial charge is 0.455 e. The number of rotatable bonds is 3. The van der Waals surface area contributed by atoms with Crippen molar-refractivity contribution < 1.29 is 4.42 Å².